The number of carbonyl (C=O) groups is 2. The third-order valence-electron chi connectivity index (χ3n) is 5.92. The predicted molar refractivity (Wildman–Crippen MR) is 133 cm³/mol. The van der Waals surface area contributed by atoms with Crippen LogP contribution in [-0.2, 0) is 16.0 Å². The van der Waals surface area contributed by atoms with Gasteiger partial charge in [-0.1, -0.05) is 19.6 Å². The summed E-state index contributed by atoms with van der Waals surface area (Å²) in [6.07, 6.45) is -0.281. The molecule has 1 atom stereocenters. The molecule has 0 saturated heterocycles. The van der Waals surface area contributed by atoms with E-state index in [2.05, 4.69) is 10.5 Å². The minimum atomic E-state index is -2.32. The van der Waals surface area contributed by atoms with Gasteiger partial charge in [-0.05, 0) is 29.4 Å². The first-order valence-corrected chi connectivity index (χ1v) is 15.0. The molecule has 1 aromatic heterocycles. The highest BCUT2D eigenvalue weighted by molar-refractivity contribution is 6.88. The molecule has 9 nitrogen and oxygen atoms in total. The Hall–Kier alpha value is -3.93. The van der Waals surface area contributed by atoms with Crippen LogP contribution in [0.15, 0.2) is 40.9 Å². The lowest BCUT2D eigenvalue weighted by atomic mass is 10.0. The lowest BCUT2D eigenvalue weighted by molar-refractivity contribution is -0.138. The van der Waals surface area contributed by atoms with E-state index in [0.717, 1.165) is 12.1 Å². The van der Waals surface area contributed by atoms with Gasteiger partial charge < -0.3 is 29.3 Å². The number of hydrogen-bond donors (Lipinski definition) is 2. The van der Waals surface area contributed by atoms with Gasteiger partial charge >= 0.3 is 0 Å². The van der Waals surface area contributed by atoms with Gasteiger partial charge in [0.2, 0.25) is 5.91 Å². The summed E-state index contributed by atoms with van der Waals surface area (Å²) in [6.45, 7) is 5.57. The summed E-state index contributed by atoms with van der Waals surface area (Å²) < 4.78 is 45.7. The van der Waals surface area contributed by atoms with E-state index >= 15 is 0 Å². The lowest BCUT2D eigenvalue weighted by Gasteiger charge is -2.29. The largest absolute Gasteiger partial charge is 0.497 e. The summed E-state index contributed by atoms with van der Waals surface area (Å²) in [6, 6.07) is 6.98. The summed E-state index contributed by atoms with van der Waals surface area (Å²) in [4.78, 5) is 28.2. The maximum Gasteiger partial charge on any atom is 0.251 e. The molecule has 12 heteroatoms. The highest BCUT2D eigenvalue weighted by atomic mass is 28.3. The van der Waals surface area contributed by atoms with Gasteiger partial charge in [-0.15, -0.1) is 0 Å². The van der Waals surface area contributed by atoms with E-state index in [1.165, 1.54) is 18.1 Å². The Balaban J connectivity index is 1.71. The van der Waals surface area contributed by atoms with Crippen LogP contribution in [0.1, 0.15) is 17.4 Å². The summed E-state index contributed by atoms with van der Waals surface area (Å²) in [5, 5.41) is 15.4. The molecule has 2 heterocycles. The van der Waals surface area contributed by atoms with Gasteiger partial charge in [-0.3, -0.25) is 9.59 Å². The molecule has 3 aromatic rings. The number of ether oxygens (including phenoxy) is 2. The van der Waals surface area contributed by atoms with Gasteiger partial charge in [0, 0.05) is 28.6 Å². The zero-order valence-corrected chi connectivity index (χ0v) is 21.8. The van der Waals surface area contributed by atoms with Gasteiger partial charge in [0.15, 0.2) is 0 Å². The molecule has 1 aliphatic heterocycles. The third-order valence-corrected chi connectivity index (χ3v) is 7.89. The van der Waals surface area contributed by atoms with E-state index in [1.54, 1.807) is 18.2 Å². The molecule has 2 N–H and O–H groups in total. The van der Waals surface area contributed by atoms with Crippen LogP contribution in [0.4, 0.5) is 14.5 Å². The van der Waals surface area contributed by atoms with Crippen molar-refractivity contribution >= 4 is 30.8 Å². The number of nitrogens with one attached hydrogen (secondary N) is 1. The Morgan fingerprint density at radius 3 is 2.49 bits per heavy atom. The zero-order valence-electron chi connectivity index (χ0n) is 20.8. The molecule has 0 bridgehead atoms. The van der Waals surface area contributed by atoms with E-state index in [-0.39, 0.29) is 42.1 Å². The van der Waals surface area contributed by atoms with Crippen molar-refractivity contribution in [3.05, 3.63) is 59.4 Å². The Morgan fingerprint density at radius 1 is 1.19 bits per heavy atom. The zero-order chi connectivity index (χ0) is 26.9. The standard InChI is InChI=1S/C25H27F2N3O6Si/c1-34-15-5-6-17-20(11-15)35-8-7-30(22(32)13-16-12-21(31)29-36-16)23(17)25(33)28-14-9-18(26)24(19(27)10-14)37(2,3)4/h5-6,9-12,23H,7-8,13H2,1-4H3,(H,28,33)(H,29,31)/t23-/m0/s1. The van der Waals surface area contributed by atoms with Crippen molar-refractivity contribution < 1.29 is 37.5 Å². The first kappa shape index (κ1) is 26.1. The molecule has 0 spiro atoms. The van der Waals surface area contributed by atoms with Crippen LogP contribution in [0.3, 0.4) is 0 Å². The second-order valence-corrected chi connectivity index (χ2v) is 14.6. The predicted octanol–water partition coefficient (Wildman–Crippen LogP) is 3.36. The number of rotatable bonds is 6. The SMILES string of the molecule is COc1ccc2c(c1)OCCN(C(=O)Cc1cc(O)no1)[C@@H]2C(=O)Nc1cc(F)c([Si](C)(C)C)c(F)c1. The van der Waals surface area contributed by atoms with Gasteiger partial charge in [-0.25, -0.2) is 8.78 Å². The average molecular weight is 532 g/mol. The van der Waals surface area contributed by atoms with E-state index in [4.69, 9.17) is 14.0 Å². The van der Waals surface area contributed by atoms with Gasteiger partial charge in [0.05, 0.1) is 28.1 Å². The van der Waals surface area contributed by atoms with Crippen LogP contribution in [0.2, 0.25) is 19.6 Å². The van der Waals surface area contributed by atoms with Crippen LogP contribution in [0.25, 0.3) is 0 Å². The highest BCUT2D eigenvalue weighted by Crippen LogP contribution is 2.36. The average Bonchev–Trinajstić information content (AvgIpc) is 3.11. The number of halogens is 2. The Bertz CT molecular complexity index is 1320. The molecule has 4 rings (SSSR count). The van der Waals surface area contributed by atoms with Gasteiger partial charge in [0.1, 0.15) is 41.5 Å². The Labute approximate surface area is 213 Å². The van der Waals surface area contributed by atoms with Crippen molar-refractivity contribution in [3.8, 4) is 17.4 Å². The van der Waals surface area contributed by atoms with Crippen molar-refractivity contribution in [3.63, 3.8) is 0 Å². The minimum Gasteiger partial charge on any atom is -0.497 e. The number of methoxy groups -OCH3 is 1. The summed E-state index contributed by atoms with van der Waals surface area (Å²) in [5.74, 6) is -2.11. The van der Waals surface area contributed by atoms with Crippen LogP contribution >= 0.6 is 0 Å². The molecule has 2 amide bonds. The van der Waals surface area contributed by atoms with Crippen molar-refractivity contribution in [1.29, 1.82) is 0 Å². The van der Waals surface area contributed by atoms with E-state index in [0.29, 0.717) is 17.1 Å². The lowest BCUT2D eigenvalue weighted by Crippen LogP contribution is -2.43. The topological polar surface area (TPSA) is 114 Å². The van der Waals surface area contributed by atoms with Crippen LogP contribution in [0.5, 0.6) is 17.4 Å². The molecular formula is C25H27F2N3O6Si. The molecule has 2 aromatic carbocycles. The molecule has 37 heavy (non-hydrogen) atoms. The van der Waals surface area contributed by atoms with E-state index < -0.39 is 37.6 Å². The summed E-state index contributed by atoms with van der Waals surface area (Å²) >= 11 is 0. The number of aromatic hydroxyl groups is 1. The molecule has 0 radical (unpaired) electrons. The Kier molecular flexibility index (Phi) is 7.21. The number of hydrogen-bond acceptors (Lipinski definition) is 7. The van der Waals surface area contributed by atoms with Gasteiger partial charge in [-0.2, -0.15) is 0 Å². The fourth-order valence-corrected chi connectivity index (χ4v) is 5.88. The number of benzene rings is 2. The second kappa shape index (κ2) is 10.2. The normalized spacial score (nSPS) is 15.4. The van der Waals surface area contributed by atoms with Crippen molar-refractivity contribution in [1.82, 2.24) is 10.1 Å². The number of carbonyl (C=O) groups excluding carboxylic acids is 2. The molecule has 196 valence electrons. The minimum absolute atomic E-state index is 0.0331. The fourth-order valence-electron chi connectivity index (χ4n) is 4.30. The number of nitrogens with zero attached hydrogens (tertiary/aromatic N) is 2. The van der Waals surface area contributed by atoms with Gasteiger partial charge in [0.25, 0.3) is 11.8 Å². The first-order valence-electron chi connectivity index (χ1n) is 11.5. The van der Waals surface area contributed by atoms with Crippen LogP contribution in [0, 0.1) is 11.6 Å². The highest BCUT2D eigenvalue weighted by Gasteiger charge is 2.36. The Morgan fingerprint density at radius 2 is 1.89 bits per heavy atom. The smallest absolute Gasteiger partial charge is 0.251 e. The molecule has 0 aliphatic carbocycles. The van der Waals surface area contributed by atoms with E-state index in [1.807, 2.05) is 19.6 Å². The van der Waals surface area contributed by atoms with E-state index in [9.17, 15) is 23.5 Å². The van der Waals surface area contributed by atoms with Crippen LogP contribution < -0.4 is 20.0 Å². The maximum absolute atomic E-state index is 14.8. The van der Waals surface area contributed by atoms with Crippen molar-refractivity contribution in [2.45, 2.75) is 32.1 Å². The molecule has 0 fully saturated rings. The molecule has 1 aliphatic rings. The number of anilines is 1. The van der Waals surface area contributed by atoms with Crippen LogP contribution in [-0.4, -0.2) is 55.3 Å². The number of amides is 2. The van der Waals surface area contributed by atoms with Crippen molar-refractivity contribution in [2.24, 2.45) is 0 Å². The molecule has 0 unspecified atom stereocenters. The first-order chi connectivity index (χ1) is 17.5. The van der Waals surface area contributed by atoms with Crippen molar-refractivity contribution in [2.75, 3.05) is 25.6 Å². The quantitative estimate of drug-likeness (QED) is 0.469. The third kappa shape index (κ3) is 5.58. The summed E-state index contributed by atoms with van der Waals surface area (Å²) in [7, 11) is -0.833. The maximum atomic E-state index is 14.8. The monoisotopic (exact) mass is 531 g/mol. The second-order valence-electron chi connectivity index (χ2n) is 9.62. The fraction of sp³-hybridized carbons (Fsp3) is 0.320. The molecule has 0 saturated carbocycles. The number of aromatic nitrogens is 1. The molecular weight excluding hydrogens is 504 g/mol. The summed E-state index contributed by atoms with van der Waals surface area (Å²) in [5.41, 5.74) is 0.291. The number of fused-ring (bicyclic) bond motifs is 1.